The Hall–Kier alpha value is -2.68. The summed E-state index contributed by atoms with van der Waals surface area (Å²) in [6.45, 7) is 2.06. The molecule has 0 fully saturated rings. The van der Waals surface area contributed by atoms with E-state index in [0.717, 1.165) is 17.7 Å². The summed E-state index contributed by atoms with van der Waals surface area (Å²) in [5.41, 5.74) is 0.848. The van der Waals surface area contributed by atoms with Crippen molar-refractivity contribution in [3.63, 3.8) is 0 Å². The lowest BCUT2D eigenvalue weighted by Crippen LogP contribution is -2.33. The van der Waals surface area contributed by atoms with Gasteiger partial charge in [0.05, 0.1) is 26.9 Å². The molecule has 0 saturated carbocycles. The van der Waals surface area contributed by atoms with Crippen molar-refractivity contribution < 1.29 is 19.0 Å². The van der Waals surface area contributed by atoms with E-state index >= 15 is 0 Å². The van der Waals surface area contributed by atoms with E-state index in [9.17, 15) is 9.59 Å². The molecule has 1 unspecified atom stereocenters. The number of fused-ring (bicyclic) bond motifs is 1. The first-order valence-corrected chi connectivity index (χ1v) is 10.3. The lowest BCUT2D eigenvalue weighted by molar-refractivity contribution is -0.116. The number of thioether (sulfide) groups is 1. The molecule has 2 heterocycles. The maximum atomic E-state index is 12.9. The normalized spacial score (nSPS) is 15.5. The third-order valence-corrected chi connectivity index (χ3v) is 6.06. The summed E-state index contributed by atoms with van der Waals surface area (Å²) in [6.07, 6.45) is 1.09. The number of rotatable bonds is 7. The number of amides is 1. The highest BCUT2D eigenvalue weighted by molar-refractivity contribution is 7.99. The second kappa shape index (κ2) is 8.77. The number of benzene rings is 1. The van der Waals surface area contributed by atoms with Gasteiger partial charge < -0.3 is 24.1 Å². The van der Waals surface area contributed by atoms with Crippen molar-refractivity contribution in [1.82, 2.24) is 9.55 Å². The highest BCUT2D eigenvalue weighted by atomic mass is 32.2. The summed E-state index contributed by atoms with van der Waals surface area (Å²) in [5, 5.41) is 3.43. The summed E-state index contributed by atoms with van der Waals surface area (Å²) in [6, 6.07) is 3.54. The predicted octanol–water partition coefficient (Wildman–Crippen LogP) is 2.78. The fourth-order valence-electron chi connectivity index (χ4n) is 3.45. The second-order valence-electron chi connectivity index (χ2n) is 6.63. The number of nitrogens with zero attached hydrogens (tertiary/aromatic N) is 2. The summed E-state index contributed by atoms with van der Waals surface area (Å²) in [4.78, 5) is 29.7. The zero-order chi connectivity index (χ0) is 21.1. The topological polar surface area (TPSA) is 91.7 Å². The van der Waals surface area contributed by atoms with E-state index in [4.69, 9.17) is 14.2 Å². The number of anilines is 1. The van der Waals surface area contributed by atoms with Gasteiger partial charge >= 0.3 is 0 Å². The summed E-state index contributed by atoms with van der Waals surface area (Å²) >= 11 is 1.49. The van der Waals surface area contributed by atoms with Crippen LogP contribution in [0.25, 0.3) is 0 Å². The average molecular weight is 420 g/mol. The molecular formula is C20H25N3O5S. The van der Waals surface area contributed by atoms with E-state index in [-0.39, 0.29) is 17.9 Å². The van der Waals surface area contributed by atoms with Crippen molar-refractivity contribution in [2.24, 2.45) is 7.05 Å². The number of nitrogens with one attached hydrogen (secondary N) is 1. The first kappa shape index (κ1) is 21.0. The average Bonchev–Trinajstić information content (AvgIpc) is 2.73. The lowest BCUT2D eigenvalue weighted by atomic mass is 9.86. The minimum Gasteiger partial charge on any atom is -0.493 e. The van der Waals surface area contributed by atoms with Crippen molar-refractivity contribution in [2.45, 2.75) is 30.8 Å². The molecule has 0 spiro atoms. The van der Waals surface area contributed by atoms with Crippen molar-refractivity contribution in [1.29, 1.82) is 0 Å². The Morgan fingerprint density at radius 3 is 2.38 bits per heavy atom. The van der Waals surface area contributed by atoms with E-state index in [2.05, 4.69) is 17.2 Å². The molecule has 1 N–H and O–H groups in total. The minimum absolute atomic E-state index is 0.129. The molecule has 1 aromatic heterocycles. The fourth-order valence-corrected chi connectivity index (χ4v) is 4.26. The van der Waals surface area contributed by atoms with Crippen molar-refractivity contribution >= 4 is 23.5 Å². The summed E-state index contributed by atoms with van der Waals surface area (Å²) in [5.74, 6) is 2.08. The van der Waals surface area contributed by atoms with Gasteiger partial charge in [0, 0.05) is 25.1 Å². The van der Waals surface area contributed by atoms with Crippen LogP contribution in [-0.4, -0.2) is 42.5 Å². The summed E-state index contributed by atoms with van der Waals surface area (Å²) in [7, 11) is 6.39. The van der Waals surface area contributed by atoms with Crippen LogP contribution >= 0.6 is 11.8 Å². The molecule has 0 radical (unpaired) electrons. The van der Waals surface area contributed by atoms with Gasteiger partial charge in [0.15, 0.2) is 16.7 Å². The van der Waals surface area contributed by atoms with Gasteiger partial charge in [-0.1, -0.05) is 18.7 Å². The van der Waals surface area contributed by atoms with E-state index in [1.54, 1.807) is 23.7 Å². The lowest BCUT2D eigenvalue weighted by Gasteiger charge is -2.28. The van der Waals surface area contributed by atoms with Gasteiger partial charge in [0.1, 0.15) is 5.82 Å². The Kier molecular flexibility index (Phi) is 6.36. The number of hydrogen-bond donors (Lipinski definition) is 1. The molecule has 1 amide bonds. The molecule has 1 aliphatic rings. The fraction of sp³-hybridized carbons (Fsp3) is 0.450. The smallest absolute Gasteiger partial charge is 0.279 e. The van der Waals surface area contributed by atoms with Crippen LogP contribution in [0, 0.1) is 0 Å². The number of ether oxygens (including phenoxy) is 3. The van der Waals surface area contributed by atoms with Gasteiger partial charge in [0.25, 0.3) is 5.56 Å². The molecule has 0 bridgehead atoms. The highest BCUT2D eigenvalue weighted by Crippen LogP contribution is 2.43. The number of hydrogen-bond acceptors (Lipinski definition) is 7. The molecule has 3 rings (SSSR count). The van der Waals surface area contributed by atoms with Crippen LogP contribution < -0.4 is 25.1 Å². The van der Waals surface area contributed by atoms with Crippen LogP contribution in [0.2, 0.25) is 0 Å². The molecule has 2 aromatic rings. The van der Waals surface area contributed by atoms with Crippen LogP contribution in [0.5, 0.6) is 17.2 Å². The van der Waals surface area contributed by atoms with Crippen LogP contribution in [0.4, 0.5) is 5.82 Å². The third kappa shape index (κ3) is 3.91. The number of aromatic nitrogens is 2. The van der Waals surface area contributed by atoms with Gasteiger partial charge in [-0.05, 0) is 24.1 Å². The zero-order valence-corrected chi connectivity index (χ0v) is 18.0. The Morgan fingerprint density at radius 1 is 1.17 bits per heavy atom. The minimum atomic E-state index is -0.469. The van der Waals surface area contributed by atoms with E-state index in [1.165, 1.54) is 33.1 Å². The maximum absolute atomic E-state index is 12.9. The van der Waals surface area contributed by atoms with Crippen molar-refractivity contribution in [2.75, 3.05) is 32.4 Å². The first-order valence-electron chi connectivity index (χ1n) is 9.28. The Balaban J connectivity index is 2.18. The van der Waals surface area contributed by atoms with Crippen LogP contribution in [0.1, 0.15) is 36.8 Å². The van der Waals surface area contributed by atoms with E-state index < -0.39 is 5.92 Å². The van der Waals surface area contributed by atoms with Crippen LogP contribution in [0.3, 0.4) is 0 Å². The predicted molar refractivity (Wildman–Crippen MR) is 112 cm³/mol. The third-order valence-electron chi connectivity index (χ3n) is 4.83. The molecule has 156 valence electrons. The van der Waals surface area contributed by atoms with Gasteiger partial charge in [-0.2, -0.15) is 4.98 Å². The molecule has 1 aliphatic heterocycles. The Labute approximate surface area is 173 Å². The van der Waals surface area contributed by atoms with Crippen LogP contribution in [0.15, 0.2) is 22.1 Å². The molecular weight excluding hydrogens is 394 g/mol. The molecule has 8 nitrogen and oxygen atoms in total. The molecule has 9 heteroatoms. The summed E-state index contributed by atoms with van der Waals surface area (Å²) < 4.78 is 18.0. The van der Waals surface area contributed by atoms with Crippen molar-refractivity contribution in [3.8, 4) is 17.2 Å². The van der Waals surface area contributed by atoms with Gasteiger partial charge in [-0.25, -0.2) is 0 Å². The standard InChI is InChI=1S/C20H25N3O5S/c1-6-7-29-20-22-19(25)16-12(10-15(24)21-18(16)23(20)2)11-8-13(26-3)17(28-5)14(9-11)27-4/h8-9,12H,6-7,10H2,1-5H3,(H,21,24). The molecule has 0 aliphatic carbocycles. The highest BCUT2D eigenvalue weighted by Gasteiger charge is 2.33. The monoisotopic (exact) mass is 419 g/mol. The largest absolute Gasteiger partial charge is 0.493 e. The van der Waals surface area contributed by atoms with E-state index in [1.807, 2.05) is 0 Å². The van der Waals surface area contributed by atoms with Gasteiger partial charge in [-0.15, -0.1) is 0 Å². The quantitative estimate of drug-likeness (QED) is 0.545. The molecule has 0 saturated heterocycles. The number of carbonyl (C=O) groups excluding carboxylic acids is 1. The van der Waals surface area contributed by atoms with Crippen LogP contribution in [-0.2, 0) is 11.8 Å². The number of carbonyl (C=O) groups is 1. The Morgan fingerprint density at radius 2 is 1.83 bits per heavy atom. The van der Waals surface area contributed by atoms with E-state index in [0.29, 0.717) is 33.8 Å². The Bertz CT molecular complexity index is 964. The first-order chi connectivity index (χ1) is 13.9. The molecule has 1 aromatic carbocycles. The molecule has 29 heavy (non-hydrogen) atoms. The van der Waals surface area contributed by atoms with Crippen molar-refractivity contribution in [3.05, 3.63) is 33.6 Å². The number of methoxy groups -OCH3 is 3. The van der Waals surface area contributed by atoms with Gasteiger partial charge in [-0.3, -0.25) is 9.59 Å². The zero-order valence-electron chi connectivity index (χ0n) is 17.2. The SMILES string of the molecule is CCCSc1nc(=O)c2c(n1C)NC(=O)CC2c1cc(OC)c(OC)c(OC)c1. The molecule has 1 atom stereocenters. The van der Waals surface area contributed by atoms with Gasteiger partial charge in [0.2, 0.25) is 11.7 Å². The second-order valence-corrected chi connectivity index (χ2v) is 7.69. The maximum Gasteiger partial charge on any atom is 0.279 e.